The van der Waals surface area contributed by atoms with Crippen LogP contribution < -0.4 is 0 Å². The zero-order valence-electron chi connectivity index (χ0n) is 31.9. The van der Waals surface area contributed by atoms with Gasteiger partial charge >= 0.3 is 0 Å². The van der Waals surface area contributed by atoms with E-state index in [9.17, 15) is 8.42 Å². The molecule has 2 aliphatic rings. The molecule has 2 heterocycles. The molecule has 9 rings (SSSR count). The molecule has 0 spiro atoms. The Balaban J connectivity index is 0.000000151. The fraction of sp³-hybridized carbons (Fsp3) is 0.100. The third-order valence-electron chi connectivity index (χ3n) is 9.74. The van der Waals surface area contributed by atoms with Gasteiger partial charge in [0, 0.05) is 29.8 Å². The molecule has 0 atom stereocenters. The number of nitrogens with zero attached hydrogens (tertiary/aromatic N) is 1. The Morgan fingerprint density at radius 2 is 1.05 bits per heavy atom. The van der Waals surface area contributed by atoms with E-state index < -0.39 is 9.84 Å². The molecule has 7 aromatic rings. The summed E-state index contributed by atoms with van der Waals surface area (Å²) in [4.78, 5) is 9.99. The number of sulfone groups is 1. The fourth-order valence-electron chi connectivity index (χ4n) is 6.51. The summed E-state index contributed by atoms with van der Waals surface area (Å²) in [5.41, 5.74) is 11.6. The number of hydrogen-bond acceptors (Lipinski definition) is 5. The highest BCUT2D eigenvalue weighted by molar-refractivity contribution is 9.10. The van der Waals surface area contributed by atoms with Crippen molar-refractivity contribution in [3.8, 4) is 0 Å². The van der Waals surface area contributed by atoms with E-state index in [0.29, 0.717) is 4.90 Å². The summed E-state index contributed by atoms with van der Waals surface area (Å²) in [6.07, 6.45) is 1.90. The average Bonchev–Trinajstić information content (AvgIpc) is 3.24. The number of aliphatic imine (C=N–C) groups is 1. The maximum Gasteiger partial charge on any atom is 0.198 e. The number of rotatable bonds is 6. The van der Waals surface area contributed by atoms with Crippen LogP contribution in [-0.4, -0.2) is 20.0 Å². The lowest BCUT2D eigenvalue weighted by molar-refractivity contribution is 0.596. The Bertz CT molecular complexity index is 2660. The van der Waals surface area contributed by atoms with Gasteiger partial charge in [-0.15, -0.1) is 0 Å². The number of halogens is 1. The van der Waals surface area contributed by atoms with Crippen molar-refractivity contribution in [2.75, 3.05) is 5.88 Å². The highest BCUT2D eigenvalue weighted by atomic mass is 79.9. The first-order valence-electron chi connectivity index (χ1n) is 18.7. The molecule has 0 unspecified atom stereocenters. The van der Waals surface area contributed by atoms with Crippen LogP contribution in [0, 0.1) is 6.92 Å². The maximum absolute atomic E-state index is 12.5. The summed E-state index contributed by atoms with van der Waals surface area (Å²) < 4.78 is 26.2. The molecule has 3 nitrogen and oxygen atoms in total. The molecule has 7 heteroatoms. The lowest BCUT2D eigenvalue weighted by atomic mass is 9.95. The van der Waals surface area contributed by atoms with Crippen LogP contribution in [0.4, 0.5) is 0 Å². The summed E-state index contributed by atoms with van der Waals surface area (Å²) in [5.74, 6) is -0.240. The van der Waals surface area contributed by atoms with E-state index in [2.05, 4.69) is 131 Å². The van der Waals surface area contributed by atoms with Gasteiger partial charge < -0.3 is 0 Å². The molecule has 0 fully saturated rings. The molecular weight excluding hydrogens is 823 g/mol. The molecule has 7 aromatic carbocycles. The van der Waals surface area contributed by atoms with Gasteiger partial charge in [0.05, 0.1) is 4.90 Å². The van der Waals surface area contributed by atoms with Crippen molar-refractivity contribution >= 4 is 60.6 Å². The standard InChI is InChI=1S/C23H21NO2S2.C21H16S.C6H5Br/c1-16-7-10-21(11-8-16)28(25,26)15-24-17(2)18-9-12-23-20(13-18)14-19-5-3-4-6-22(19)27-23;1-15(16-7-3-2-4-8-16)17-11-12-21-19(13-17)14-18-9-5-6-10-20(18)22-21;7-6-4-2-1-3-5-6/h3-13H,14-15H2,1-2H3;2-13H,1,14H2;1-5H. The van der Waals surface area contributed by atoms with Gasteiger partial charge in [0.1, 0.15) is 5.88 Å². The Morgan fingerprint density at radius 1 is 0.579 bits per heavy atom. The third-order valence-corrected chi connectivity index (χ3v) is 14.2. The fourth-order valence-corrected chi connectivity index (χ4v) is 9.98. The lowest BCUT2D eigenvalue weighted by Crippen LogP contribution is -2.08. The molecule has 0 saturated heterocycles. The largest absolute Gasteiger partial charge is 0.273 e. The third kappa shape index (κ3) is 10.3. The smallest absolute Gasteiger partial charge is 0.198 e. The molecule has 0 radical (unpaired) electrons. The van der Waals surface area contributed by atoms with Gasteiger partial charge in [0.15, 0.2) is 9.84 Å². The first-order chi connectivity index (χ1) is 27.6. The van der Waals surface area contributed by atoms with Crippen molar-refractivity contribution in [1.29, 1.82) is 0 Å². The van der Waals surface area contributed by atoms with Gasteiger partial charge in [-0.3, -0.25) is 4.99 Å². The zero-order valence-corrected chi connectivity index (χ0v) is 35.9. The second-order valence-electron chi connectivity index (χ2n) is 13.9. The highest BCUT2D eigenvalue weighted by Crippen LogP contribution is 2.41. The Kier molecular flexibility index (Phi) is 13.1. The second-order valence-corrected chi connectivity index (χ2v) is 18.9. The molecule has 57 heavy (non-hydrogen) atoms. The van der Waals surface area contributed by atoms with Crippen LogP contribution in [0.2, 0.25) is 0 Å². The molecule has 0 bridgehead atoms. The quantitative estimate of drug-likeness (QED) is 0.156. The van der Waals surface area contributed by atoms with Crippen molar-refractivity contribution < 1.29 is 8.42 Å². The van der Waals surface area contributed by atoms with Gasteiger partial charge in [-0.05, 0) is 132 Å². The molecule has 0 aromatic heterocycles. The molecular formula is C50H42BrNO2S3. The summed E-state index contributed by atoms with van der Waals surface area (Å²) in [6, 6.07) is 57.4. The number of hydrogen-bond donors (Lipinski definition) is 0. The van der Waals surface area contributed by atoms with E-state index in [1.807, 2.05) is 80.2 Å². The first kappa shape index (κ1) is 40.3. The predicted octanol–water partition coefficient (Wildman–Crippen LogP) is 13.5. The Morgan fingerprint density at radius 3 is 1.60 bits per heavy atom. The topological polar surface area (TPSA) is 46.5 Å². The van der Waals surface area contributed by atoms with E-state index in [0.717, 1.165) is 39.7 Å². The van der Waals surface area contributed by atoms with Crippen LogP contribution >= 0.6 is 39.5 Å². The van der Waals surface area contributed by atoms with Crippen LogP contribution in [0.1, 0.15) is 51.4 Å². The molecule has 0 aliphatic carbocycles. The van der Waals surface area contributed by atoms with Crippen molar-refractivity contribution in [2.24, 2.45) is 4.99 Å². The lowest BCUT2D eigenvalue weighted by Gasteiger charge is -2.20. The molecule has 284 valence electrons. The minimum absolute atomic E-state index is 0.240. The maximum atomic E-state index is 12.5. The first-order valence-corrected chi connectivity index (χ1v) is 22.7. The zero-order chi connectivity index (χ0) is 39.8. The molecule has 0 saturated carbocycles. The monoisotopic (exact) mass is 863 g/mol. The van der Waals surface area contributed by atoms with E-state index in [-0.39, 0.29) is 5.88 Å². The van der Waals surface area contributed by atoms with Crippen LogP contribution in [0.5, 0.6) is 0 Å². The number of benzene rings is 7. The Hall–Kier alpha value is -4.92. The Labute approximate surface area is 354 Å². The van der Waals surface area contributed by atoms with Crippen molar-refractivity contribution in [1.82, 2.24) is 0 Å². The molecule has 2 aliphatic heterocycles. The van der Waals surface area contributed by atoms with Gasteiger partial charge in [-0.1, -0.05) is 161 Å². The van der Waals surface area contributed by atoms with Gasteiger partial charge in [0.2, 0.25) is 0 Å². The van der Waals surface area contributed by atoms with Gasteiger partial charge in [0.25, 0.3) is 0 Å². The van der Waals surface area contributed by atoms with E-state index >= 15 is 0 Å². The van der Waals surface area contributed by atoms with E-state index in [1.54, 1.807) is 23.9 Å². The summed E-state index contributed by atoms with van der Waals surface area (Å²) in [7, 11) is -3.43. The van der Waals surface area contributed by atoms with Gasteiger partial charge in [-0.2, -0.15) is 0 Å². The van der Waals surface area contributed by atoms with E-state index in [4.69, 9.17) is 0 Å². The van der Waals surface area contributed by atoms with Crippen molar-refractivity contribution in [3.63, 3.8) is 0 Å². The van der Waals surface area contributed by atoms with Crippen LogP contribution in [-0.2, 0) is 22.7 Å². The van der Waals surface area contributed by atoms with Crippen molar-refractivity contribution in [3.05, 3.63) is 225 Å². The highest BCUT2D eigenvalue weighted by Gasteiger charge is 2.19. The molecule has 0 amide bonds. The predicted molar refractivity (Wildman–Crippen MR) is 244 cm³/mol. The summed E-state index contributed by atoms with van der Waals surface area (Å²) in [5, 5.41) is 0. The van der Waals surface area contributed by atoms with Crippen molar-refractivity contribution in [2.45, 2.75) is 51.2 Å². The molecule has 0 N–H and O–H groups in total. The SMILES string of the molecule is Brc1ccccc1.C=C(c1ccccc1)c1ccc2c(c1)Cc1ccccc1S2.CC(=NCS(=O)(=O)c1ccc(C)cc1)c1ccc2c(c1)Cc1ccccc1S2. The normalized spacial score (nSPS) is 12.6. The van der Waals surface area contributed by atoms with Crippen LogP contribution in [0.3, 0.4) is 0 Å². The van der Waals surface area contributed by atoms with E-state index in [1.165, 1.54) is 53.0 Å². The second kappa shape index (κ2) is 18.6. The minimum atomic E-state index is -3.43. The number of fused-ring (bicyclic) bond motifs is 4. The van der Waals surface area contributed by atoms with Crippen LogP contribution in [0.15, 0.2) is 210 Å². The number of aryl methyl sites for hydroxylation is 1. The van der Waals surface area contributed by atoms with Crippen LogP contribution in [0.25, 0.3) is 5.57 Å². The summed E-state index contributed by atoms with van der Waals surface area (Å²) in [6.45, 7) is 8.09. The summed E-state index contributed by atoms with van der Waals surface area (Å²) >= 11 is 6.96. The van der Waals surface area contributed by atoms with Gasteiger partial charge in [-0.25, -0.2) is 8.42 Å². The average molecular weight is 865 g/mol. The minimum Gasteiger partial charge on any atom is -0.273 e.